The van der Waals surface area contributed by atoms with Gasteiger partial charge in [0.1, 0.15) is 6.04 Å². The minimum absolute atomic E-state index is 0.0179. The molecule has 1 aromatic carbocycles. The Morgan fingerprint density at radius 1 is 1.19 bits per heavy atom. The van der Waals surface area contributed by atoms with Crippen LogP contribution in [0.3, 0.4) is 0 Å². The van der Waals surface area contributed by atoms with Gasteiger partial charge in [0.05, 0.1) is 9.77 Å². The Bertz CT molecular complexity index is 877. The summed E-state index contributed by atoms with van der Waals surface area (Å²) in [5, 5.41) is 12.4. The molecule has 1 heterocycles. The lowest BCUT2D eigenvalue weighted by Crippen LogP contribution is -2.49. The fraction of sp³-hybridized carbons (Fsp3) is 0.294. The fourth-order valence-corrected chi connectivity index (χ4v) is 3.50. The molecule has 0 saturated heterocycles. The maximum Gasteiger partial charge on any atom is 0.262 e. The number of amides is 2. The van der Waals surface area contributed by atoms with Crippen LogP contribution in [0.1, 0.15) is 29.1 Å². The monoisotopic (exact) mass is 395 g/mol. The van der Waals surface area contributed by atoms with Crippen LogP contribution in [0.2, 0.25) is 0 Å². The van der Waals surface area contributed by atoms with Gasteiger partial charge in [-0.25, -0.2) is 13.6 Å². The highest BCUT2D eigenvalue weighted by molar-refractivity contribution is 7.89. The Morgan fingerprint density at radius 3 is 2.50 bits per heavy atom. The van der Waals surface area contributed by atoms with E-state index in [1.54, 1.807) is 29.6 Å². The van der Waals surface area contributed by atoms with Gasteiger partial charge in [-0.1, -0.05) is 32.0 Å². The van der Waals surface area contributed by atoms with Crippen LogP contribution in [-0.4, -0.2) is 26.3 Å². The number of thiophene rings is 1. The first-order valence-electron chi connectivity index (χ1n) is 7.92. The molecule has 9 heteroatoms. The number of hydrogen-bond donors (Lipinski definition) is 3. The SMILES string of the molecule is CC(C)C(NC(=O)c1cccs1)C(=O)NCc1cccc(S(N)(=O)=O)c1. The maximum absolute atomic E-state index is 12.5. The summed E-state index contributed by atoms with van der Waals surface area (Å²) in [6, 6.07) is 8.79. The van der Waals surface area contributed by atoms with Gasteiger partial charge < -0.3 is 10.6 Å². The third-order valence-corrected chi connectivity index (χ3v) is 5.45. The molecule has 0 aliphatic heterocycles. The van der Waals surface area contributed by atoms with E-state index in [2.05, 4.69) is 10.6 Å². The molecule has 0 radical (unpaired) electrons. The zero-order chi connectivity index (χ0) is 19.3. The quantitative estimate of drug-likeness (QED) is 0.658. The largest absolute Gasteiger partial charge is 0.350 e. The first kappa shape index (κ1) is 20.1. The molecule has 1 atom stereocenters. The van der Waals surface area contributed by atoms with Crippen LogP contribution in [0, 0.1) is 5.92 Å². The third-order valence-electron chi connectivity index (χ3n) is 3.67. The molecule has 0 fully saturated rings. The summed E-state index contributed by atoms with van der Waals surface area (Å²) >= 11 is 1.30. The average molecular weight is 396 g/mol. The molecule has 26 heavy (non-hydrogen) atoms. The molecule has 1 aromatic heterocycles. The Balaban J connectivity index is 2.03. The van der Waals surface area contributed by atoms with Crippen molar-refractivity contribution in [2.75, 3.05) is 0 Å². The average Bonchev–Trinajstić information content (AvgIpc) is 3.11. The fourth-order valence-electron chi connectivity index (χ4n) is 2.29. The van der Waals surface area contributed by atoms with Crippen molar-refractivity contribution in [1.82, 2.24) is 10.6 Å². The molecule has 0 aliphatic carbocycles. The van der Waals surface area contributed by atoms with Crippen LogP contribution < -0.4 is 15.8 Å². The number of hydrogen-bond acceptors (Lipinski definition) is 5. The Kier molecular flexibility index (Phi) is 6.52. The number of rotatable bonds is 7. The molecule has 0 spiro atoms. The van der Waals surface area contributed by atoms with Crippen LogP contribution in [-0.2, 0) is 21.4 Å². The smallest absolute Gasteiger partial charge is 0.262 e. The number of carbonyl (C=O) groups is 2. The van der Waals surface area contributed by atoms with Crippen molar-refractivity contribution in [2.45, 2.75) is 31.3 Å². The second kappa shape index (κ2) is 8.43. The Hall–Kier alpha value is -2.23. The molecule has 140 valence electrons. The van der Waals surface area contributed by atoms with Gasteiger partial charge in [0.25, 0.3) is 5.91 Å². The van der Waals surface area contributed by atoms with Gasteiger partial charge >= 0.3 is 0 Å². The second-order valence-electron chi connectivity index (χ2n) is 6.08. The summed E-state index contributed by atoms with van der Waals surface area (Å²) in [5.74, 6) is -0.759. The minimum atomic E-state index is -3.80. The lowest BCUT2D eigenvalue weighted by atomic mass is 10.0. The van der Waals surface area contributed by atoms with Crippen molar-refractivity contribution in [3.63, 3.8) is 0 Å². The molecular formula is C17H21N3O4S2. The number of primary sulfonamides is 1. The molecule has 0 bridgehead atoms. The molecule has 2 amide bonds. The van der Waals surface area contributed by atoms with Gasteiger partial charge in [-0.15, -0.1) is 11.3 Å². The third kappa shape index (κ3) is 5.38. The molecule has 7 nitrogen and oxygen atoms in total. The molecule has 2 rings (SSSR count). The van der Waals surface area contributed by atoms with E-state index in [0.29, 0.717) is 10.4 Å². The van der Waals surface area contributed by atoms with Gasteiger partial charge in [0.15, 0.2) is 0 Å². The lowest BCUT2D eigenvalue weighted by Gasteiger charge is -2.21. The van der Waals surface area contributed by atoms with E-state index >= 15 is 0 Å². The van der Waals surface area contributed by atoms with Gasteiger partial charge in [-0.2, -0.15) is 0 Å². The molecule has 2 aromatic rings. The van der Waals surface area contributed by atoms with E-state index in [9.17, 15) is 18.0 Å². The van der Waals surface area contributed by atoms with E-state index in [1.165, 1.54) is 23.5 Å². The van der Waals surface area contributed by atoms with Gasteiger partial charge in [0.2, 0.25) is 15.9 Å². The zero-order valence-electron chi connectivity index (χ0n) is 14.4. The predicted molar refractivity (Wildman–Crippen MR) is 100 cm³/mol. The van der Waals surface area contributed by atoms with Crippen LogP contribution in [0.5, 0.6) is 0 Å². The summed E-state index contributed by atoms with van der Waals surface area (Å²) < 4.78 is 22.8. The van der Waals surface area contributed by atoms with Crippen LogP contribution in [0.25, 0.3) is 0 Å². The summed E-state index contributed by atoms with van der Waals surface area (Å²) in [4.78, 5) is 25.2. The van der Waals surface area contributed by atoms with Crippen molar-refractivity contribution in [3.8, 4) is 0 Å². The highest BCUT2D eigenvalue weighted by atomic mass is 32.2. The predicted octanol–water partition coefficient (Wildman–Crippen LogP) is 1.47. The number of carbonyl (C=O) groups excluding carboxylic acids is 2. The first-order valence-corrected chi connectivity index (χ1v) is 10.3. The number of benzene rings is 1. The molecule has 4 N–H and O–H groups in total. The second-order valence-corrected chi connectivity index (χ2v) is 8.59. The topological polar surface area (TPSA) is 118 Å². The van der Waals surface area contributed by atoms with Crippen molar-refractivity contribution in [3.05, 3.63) is 52.2 Å². The summed E-state index contributed by atoms with van der Waals surface area (Å²) in [6.07, 6.45) is 0. The molecule has 0 aliphatic rings. The van der Waals surface area contributed by atoms with E-state index in [4.69, 9.17) is 5.14 Å². The summed E-state index contributed by atoms with van der Waals surface area (Å²) in [6.45, 7) is 3.79. The highest BCUT2D eigenvalue weighted by Crippen LogP contribution is 2.12. The van der Waals surface area contributed by atoms with Crippen LogP contribution >= 0.6 is 11.3 Å². The van der Waals surface area contributed by atoms with Gasteiger partial charge in [0, 0.05) is 6.54 Å². The van der Waals surface area contributed by atoms with Crippen molar-refractivity contribution < 1.29 is 18.0 Å². The van der Waals surface area contributed by atoms with Gasteiger partial charge in [-0.05, 0) is 35.1 Å². The number of nitrogens with one attached hydrogen (secondary N) is 2. The summed E-state index contributed by atoms with van der Waals surface area (Å²) in [5.41, 5.74) is 0.594. The molecular weight excluding hydrogens is 374 g/mol. The Labute approximate surface area is 156 Å². The molecule has 0 saturated carbocycles. The van der Waals surface area contributed by atoms with Crippen molar-refractivity contribution >= 4 is 33.2 Å². The van der Waals surface area contributed by atoms with E-state index in [0.717, 1.165) is 0 Å². The van der Waals surface area contributed by atoms with Crippen molar-refractivity contribution in [1.29, 1.82) is 0 Å². The minimum Gasteiger partial charge on any atom is -0.350 e. The van der Waals surface area contributed by atoms with Gasteiger partial charge in [-0.3, -0.25) is 9.59 Å². The molecule has 1 unspecified atom stereocenters. The first-order chi connectivity index (χ1) is 12.2. The van der Waals surface area contributed by atoms with E-state index in [1.807, 2.05) is 13.8 Å². The maximum atomic E-state index is 12.5. The van der Waals surface area contributed by atoms with Crippen LogP contribution in [0.4, 0.5) is 0 Å². The number of nitrogens with two attached hydrogens (primary N) is 1. The van der Waals surface area contributed by atoms with E-state index < -0.39 is 16.1 Å². The highest BCUT2D eigenvalue weighted by Gasteiger charge is 2.24. The zero-order valence-corrected chi connectivity index (χ0v) is 16.1. The summed E-state index contributed by atoms with van der Waals surface area (Å²) in [7, 11) is -3.80. The van der Waals surface area contributed by atoms with E-state index in [-0.39, 0.29) is 29.2 Å². The van der Waals surface area contributed by atoms with Crippen LogP contribution in [0.15, 0.2) is 46.7 Å². The Morgan fingerprint density at radius 2 is 1.92 bits per heavy atom. The lowest BCUT2D eigenvalue weighted by molar-refractivity contribution is -0.124. The normalized spacial score (nSPS) is 12.6. The van der Waals surface area contributed by atoms with Crippen molar-refractivity contribution in [2.24, 2.45) is 11.1 Å². The standard InChI is InChI=1S/C17H21N3O4S2/c1-11(2)15(20-16(21)14-7-4-8-25-14)17(22)19-10-12-5-3-6-13(9-12)26(18,23)24/h3-9,11,15H,10H2,1-2H3,(H,19,22)(H,20,21)(H2,18,23,24). The number of sulfonamides is 1.